The Bertz CT molecular complexity index is 3040. The minimum atomic E-state index is -1.25. The lowest BCUT2D eigenvalue weighted by Gasteiger charge is -2.37. The molecule has 0 saturated carbocycles. The number of nitrogens with one attached hydrogen (secondary N) is 1. The maximum Gasteiger partial charge on any atom is 0.418 e. The first-order valence-corrected chi connectivity index (χ1v) is 25.6. The minimum absolute atomic E-state index is 0. The molecular weight excluding hydrogens is 1110 g/mol. The smallest absolute Gasteiger partial charge is 0.418 e. The van der Waals surface area contributed by atoms with Gasteiger partial charge >= 0.3 is 23.8 Å². The van der Waals surface area contributed by atoms with Gasteiger partial charge in [-0.25, -0.2) is 37.4 Å². The molecule has 0 radical (unpaired) electrons. The van der Waals surface area contributed by atoms with Gasteiger partial charge in [0.15, 0.2) is 0 Å². The summed E-state index contributed by atoms with van der Waals surface area (Å²) in [7, 11) is 1.46. The van der Waals surface area contributed by atoms with Crippen molar-refractivity contribution in [2.24, 2.45) is 17.4 Å². The van der Waals surface area contributed by atoms with Gasteiger partial charge in [-0.05, 0) is 93.3 Å². The molecule has 0 aliphatic carbocycles. The molecule has 80 heavy (non-hydrogen) atoms. The number of rotatable bonds is 22. The number of carbonyl (C=O) groups is 3. The number of amides is 3. The maximum atomic E-state index is 15.7. The Labute approximate surface area is 480 Å². The van der Waals surface area contributed by atoms with E-state index in [1.165, 1.54) is 52.2 Å². The molecule has 6 aromatic rings. The largest absolute Gasteiger partial charge is 1.00 e. The average molecular weight is 1180 g/mol. The molecule has 2 fully saturated rings. The summed E-state index contributed by atoms with van der Waals surface area (Å²) in [6.45, 7) is 8.93. The lowest BCUT2D eigenvalue weighted by atomic mass is 9.87. The van der Waals surface area contributed by atoms with Crippen LogP contribution < -0.4 is 58.9 Å². The van der Waals surface area contributed by atoms with Crippen molar-refractivity contribution in [1.29, 1.82) is 0 Å². The highest BCUT2D eigenvalue weighted by molar-refractivity contribution is 5.86. The molecule has 434 valence electrons. The van der Waals surface area contributed by atoms with E-state index in [0.717, 1.165) is 43.6 Å². The van der Waals surface area contributed by atoms with Gasteiger partial charge in [0.25, 0.3) is 6.33 Å². The second-order valence-electron chi connectivity index (χ2n) is 19.3. The number of aliphatic hydroxyl groups is 1. The monoisotopic (exact) mass is 1170 g/mol. The Morgan fingerprint density at radius 1 is 0.975 bits per heavy atom. The van der Waals surface area contributed by atoms with Crippen LogP contribution in [-0.2, 0) is 37.8 Å². The van der Waals surface area contributed by atoms with Gasteiger partial charge in [0.2, 0.25) is 12.6 Å². The quantitative estimate of drug-likeness (QED) is 0.0432. The van der Waals surface area contributed by atoms with Gasteiger partial charge in [0, 0.05) is 92.5 Å². The average Bonchev–Trinajstić information content (AvgIpc) is 4.19. The summed E-state index contributed by atoms with van der Waals surface area (Å²) in [5, 5.41) is 21.3. The van der Waals surface area contributed by atoms with Gasteiger partial charge in [0.1, 0.15) is 54.3 Å². The number of halogens is 5. The lowest BCUT2D eigenvalue weighted by Crippen LogP contribution is -3.00. The molecule has 5 heterocycles. The summed E-state index contributed by atoms with van der Waals surface area (Å²) in [6.07, 6.45) is 5.22. The van der Waals surface area contributed by atoms with E-state index >= 15 is 4.39 Å². The van der Waals surface area contributed by atoms with Crippen LogP contribution in [0.3, 0.4) is 0 Å². The van der Waals surface area contributed by atoms with Crippen LogP contribution in [0.4, 0.5) is 35.6 Å². The standard InChI is InChI=1S/C53H65F2N13O9.3ClH/c1-5-47(35(2)69)68-51(72)67(33-61-68)42-13-11-40(12-14-42)63-22-24-64(25-23-63)41-15-17-43(18-16-41)74-28-37-27-53(76-29-37,44-19-10-39(54)26-45(44)55)31-66-34-65(32-60-66)36(3)77-52(73)62(4)48-38(8-6-20-58-48)30-75-49(70)46(56)9-7-21-59-50(57)71;;;/h6,8,10-20,26,32-37,46-47,69H,5,7,9,21-25,27-31,56H2,1-4H3,(H2-,57,59,71);3*1H/t35-,36?,37+,46-,47-,53-;;;/m0.../s1. The van der Waals surface area contributed by atoms with Crippen LogP contribution in [0.1, 0.15) is 69.9 Å². The third-order valence-corrected chi connectivity index (χ3v) is 13.9. The van der Waals surface area contributed by atoms with E-state index in [2.05, 4.69) is 30.3 Å². The molecule has 2 saturated heterocycles. The van der Waals surface area contributed by atoms with Crippen LogP contribution in [0.5, 0.6) is 5.75 Å². The van der Waals surface area contributed by atoms with Crippen molar-refractivity contribution in [1.82, 2.24) is 34.4 Å². The molecule has 6 N–H and O–H groups in total. The molecule has 3 amide bonds. The number of carbonyl (C=O) groups excluding carboxylic acids is 3. The normalized spacial score (nSPS) is 17.4. The summed E-state index contributed by atoms with van der Waals surface area (Å²) in [5.41, 5.74) is 12.9. The molecule has 0 bridgehead atoms. The number of nitrogens with zero attached hydrogens (tertiary/aromatic N) is 10. The van der Waals surface area contributed by atoms with Crippen LogP contribution in [0.25, 0.3) is 5.69 Å². The van der Waals surface area contributed by atoms with Crippen LogP contribution in [0, 0.1) is 17.6 Å². The van der Waals surface area contributed by atoms with Crippen molar-refractivity contribution in [2.75, 3.05) is 67.7 Å². The summed E-state index contributed by atoms with van der Waals surface area (Å²) in [6, 6.07) is 20.4. The van der Waals surface area contributed by atoms with Crippen LogP contribution >= 0.6 is 24.8 Å². The summed E-state index contributed by atoms with van der Waals surface area (Å²) < 4.78 is 59.7. The number of hydrogen-bond acceptors (Lipinski definition) is 15. The van der Waals surface area contributed by atoms with E-state index < -0.39 is 59.7 Å². The molecule has 2 aliphatic rings. The number of piperazine rings is 1. The number of pyridine rings is 1. The Hall–Kier alpha value is -7.09. The Morgan fingerprint density at radius 3 is 2.27 bits per heavy atom. The van der Waals surface area contributed by atoms with Crippen molar-refractivity contribution in [2.45, 2.75) is 89.6 Å². The predicted octanol–water partition coefficient (Wildman–Crippen LogP) is 2.32. The van der Waals surface area contributed by atoms with E-state index in [9.17, 15) is 28.7 Å². The van der Waals surface area contributed by atoms with Crippen molar-refractivity contribution >= 4 is 60.1 Å². The molecule has 22 nitrogen and oxygen atoms in total. The van der Waals surface area contributed by atoms with Gasteiger partial charge in [-0.2, -0.15) is 9.67 Å². The van der Waals surface area contributed by atoms with E-state index in [1.54, 1.807) is 41.6 Å². The molecule has 0 spiro atoms. The summed E-state index contributed by atoms with van der Waals surface area (Å²) in [4.78, 5) is 60.2. The first-order valence-electron chi connectivity index (χ1n) is 25.6. The van der Waals surface area contributed by atoms with Crippen LogP contribution in [0.2, 0.25) is 0 Å². The molecule has 8 rings (SSSR count). The van der Waals surface area contributed by atoms with Crippen molar-refractivity contribution in [3.8, 4) is 11.4 Å². The van der Waals surface area contributed by atoms with Gasteiger partial charge in [-0.1, -0.05) is 19.1 Å². The zero-order valence-corrected chi connectivity index (χ0v) is 47.1. The fraction of sp³-hybridized carbons (Fsp3) is 0.434. The number of nitrogens with two attached hydrogens (primary N) is 2. The molecule has 2 aliphatic heterocycles. The predicted molar refractivity (Wildman–Crippen MR) is 293 cm³/mol. The Balaban J connectivity index is 0.00000392. The number of primary amides is 1. The maximum absolute atomic E-state index is 15.7. The molecule has 3 aromatic carbocycles. The highest BCUT2D eigenvalue weighted by atomic mass is 35.5. The SMILES string of the molecule is CC[C@@H]([C@H](C)O)n1ncn(-c2ccc(N3CCN(c4ccc(OC[C@@H]5CO[C@@](Cn6c[n+](C(C)OC(=O)N(C)c7ncccc7COC(=O)[C@@H](N)CCCNC(N)=O)cn6)(c6ccc(F)cc6F)C5)cc4)CC3)cc2)c1=O.Cl.Cl.[Cl-]. The number of anilines is 3. The van der Waals surface area contributed by atoms with Crippen LogP contribution in [0.15, 0.2) is 109 Å². The van der Waals surface area contributed by atoms with E-state index in [4.69, 9.17) is 30.4 Å². The van der Waals surface area contributed by atoms with E-state index in [1.807, 2.05) is 55.5 Å². The number of esters is 1. The van der Waals surface area contributed by atoms with Gasteiger partial charge in [-0.15, -0.1) is 29.5 Å². The topological polar surface area (TPSA) is 257 Å². The summed E-state index contributed by atoms with van der Waals surface area (Å²) in [5.74, 6) is -1.48. The number of ether oxygens (including phenoxy) is 4. The number of aromatic nitrogens is 7. The van der Waals surface area contributed by atoms with E-state index in [0.29, 0.717) is 36.3 Å². The van der Waals surface area contributed by atoms with E-state index in [-0.39, 0.29) is 99.5 Å². The second-order valence-corrected chi connectivity index (χ2v) is 19.3. The first kappa shape index (κ1) is 63.7. The Kier molecular flexibility index (Phi) is 23.0. The summed E-state index contributed by atoms with van der Waals surface area (Å²) >= 11 is 0. The van der Waals surface area contributed by atoms with Gasteiger partial charge in [-0.3, -0.25) is 9.69 Å². The number of urea groups is 1. The highest BCUT2D eigenvalue weighted by Gasteiger charge is 2.46. The molecule has 3 aromatic heterocycles. The molecule has 1 unspecified atom stereocenters. The molecular formula is C53H68Cl3F2N13O9. The third kappa shape index (κ3) is 15.4. The second kappa shape index (κ2) is 28.9. The number of hydrogen-bond donors (Lipinski definition) is 4. The zero-order valence-electron chi connectivity index (χ0n) is 44.7. The van der Waals surface area contributed by atoms with Crippen molar-refractivity contribution in [3.63, 3.8) is 0 Å². The highest BCUT2D eigenvalue weighted by Crippen LogP contribution is 2.42. The van der Waals surface area contributed by atoms with Crippen molar-refractivity contribution < 1.29 is 64.2 Å². The molecule has 27 heteroatoms. The fourth-order valence-corrected chi connectivity index (χ4v) is 9.66. The molecule has 6 atom stereocenters. The Morgan fingerprint density at radius 2 is 1.64 bits per heavy atom. The number of benzene rings is 3. The fourth-order valence-electron chi connectivity index (χ4n) is 9.66. The minimum Gasteiger partial charge on any atom is -1.00 e. The van der Waals surface area contributed by atoms with Crippen molar-refractivity contribution in [3.05, 3.63) is 137 Å². The van der Waals surface area contributed by atoms with Gasteiger partial charge < -0.3 is 63.0 Å². The lowest BCUT2D eigenvalue weighted by molar-refractivity contribution is -0.753. The third-order valence-electron chi connectivity index (χ3n) is 13.9. The van der Waals surface area contributed by atoms with Gasteiger partial charge in [0.05, 0.1) is 31.0 Å². The number of aliphatic hydroxyl groups excluding tert-OH is 1. The zero-order chi connectivity index (χ0) is 54.8. The first-order chi connectivity index (χ1) is 37.0. The van der Waals surface area contributed by atoms with Crippen LogP contribution in [-0.4, -0.2) is 117 Å².